The monoisotopic (exact) mass is 674 g/mol. The van der Waals surface area contributed by atoms with E-state index in [0.29, 0.717) is 0 Å². The van der Waals surface area contributed by atoms with Crippen molar-refractivity contribution in [3.05, 3.63) is 192 Å². The summed E-state index contributed by atoms with van der Waals surface area (Å²) >= 11 is 0. The first-order chi connectivity index (χ1) is 37.8. The van der Waals surface area contributed by atoms with E-state index in [2.05, 4.69) is 0 Å². The van der Waals surface area contributed by atoms with Gasteiger partial charge in [-0.3, -0.25) is 0 Å². The number of hydrogen-bond donors (Lipinski definition) is 0. The van der Waals surface area contributed by atoms with Crippen molar-refractivity contribution < 1.29 is 41.1 Å². The minimum atomic E-state index is -1.11. The number of benzene rings is 10. The molecule has 1 aliphatic carbocycles. The molecule has 0 aliphatic heterocycles. The van der Waals surface area contributed by atoms with E-state index in [0.717, 1.165) is 0 Å². The van der Waals surface area contributed by atoms with Gasteiger partial charge in [-0.15, -0.1) is 0 Å². The lowest BCUT2D eigenvalue weighted by Crippen LogP contribution is -1.93. The van der Waals surface area contributed by atoms with E-state index < -0.39 is 270 Å². The highest BCUT2D eigenvalue weighted by Gasteiger charge is 2.23. The highest BCUT2D eigenvalue weighted by Crippen LogP contribution is 2.48. The largest absolute Gasteiger partial charge is 0.0636 e. The fraction of sp³-hybridized carbons (Fsp3) is 0.0196. The quantitative estimate of drug-likeness (QED) is 0.164. The van der Waals surface area contributed by atoms with Crippen molar-refractivity contribution in [2.45, 2.75) is 6.42 Å². The fourth-order valence-corrected chi connectivity index (χ4v) is 6.79. The Bertz CT molecular complexity index is 4760. The lowest BCUT2D eigenvalue weighted by Gasteiger charge is -2.20. The summed E-state index contributed by atoms with van der Waals surface area (Å²) in [6, 6.07) is -27.3. The maximum atomic E-state index is 10.4. The first-order valence-corrected chi connectivity index (χ1v) is 15.5. The predicted molar refractivity (Wildman–Crippen MR) is 219 cm³/mol. The SMILES string of the molecule is [2H]c1c([2H])c2c(c([2H])c1-c1c([2H])c([2H])c3c(-c4c([2H])c([2H])c([2H])c5c([2H])c([2H])c([2H])c([2H])c45)c4c([2H])c([2H])c([2H])c([2H])c4c(-c4c([2H])c([2H])c([2H])c5c([2H])c([2H])c([2H])c([2H])c45)c3c1[2H])Cc1c([2H])c([2H])c3c([2H])c([2H])c([2H])c([2H])c3c1-2. The van der Waals surface area contributed by atoms with Gasteiger partial charge in [0.25, 0.3) is 0 Å². The molecule has 0 amide bonds. The Morgan fingerprint density at radius 2 is 0.784 bits per heavy atom. The first kappa shape index (κ1) is 11.8. The molecule has 10 aromatic rings. The minimum absolute atomic E-state index is 0.0807. The minimum Gasteiger partial charge on any atom is -0.0616 e. The van der Waals surface area contributed by atoms with Crippen LogP contribution >= 0.6 is 0 Å². The molecule has 0 unspecified atom stereocenters. The van der Waals surface area contributed by atoms with Crippen LogP contribution in [0.15, 0.2) is 181 Å². The van der Waals surface area contributed by atoms with Crippen molar-refractivity contribution in [2.24, 2.45) is 0 Å². The van der Waals surface area contributed by atoms with Gasteiger partial charge in [0.05, 0.1) is 41.1 Å². The molecule has 51 heavy (non-hydrogen) atoms. The molecule has 10 aromatic carbocycles. The summed E-state index contributed by atoms with van der Waals surface area (Å²) in [7, 11) is 0. The van der Waals surface area contributed by atoms with Gasteiger partial charge in [-0.25, -0.2) is 0 Å². The fourth-order valence-electron chi connectivity index (χ4n) is 6.79. The molecule has 236 valence electrons. The van der Waals surface area contributed by atoms with Crippen LogP contribution < -0.4 is 0 Å². The lowest BCUT2D eigenvalue weighted by molar-refractivity contribution is 1.27. The van der Waals surface area contributed by atoms with Crippen LogP contribution in [0.5, 0.6) is 0 Å². The summed E-state index contributed by atoms with van der Waals surface area (Å²) in [5, 5.41) is -6.73. The maximum Gasteiger partial charge on any atom is 0.0636 e. The van der Waals surface area contributed by atoms with E-state index >= 15 is 0 Å². The van der Waals surface area contributed by atoms with Gasteiger partial charge in [-0.2, -0.15) is 0 Å². The zero-order valence-corrected chi connectivity index (χ0v) is 25.7. The second-order valence-electron chi connectivity index (χ2n) is 11.6. The van der Waals surface area contributed by atoms with Crippen molar-refractivity contribution >= 4 is 53.9 Å². The van der Waals surface area contributed by atoms with E-state index in [1.165, 1.54) is 0 Å². The molecule has 0 aromatic heterocycles. The first-order valence-electron chi connectivity index (χ1n) is 30.5. The van der Waals surface area contributed by atoms with E-state index in [1.54, 1.807) is 0 Å². The van der Waals surface area contributed by atoms with E-state index in [1.807, 2.05) is 0 Å². The van der Waals surface area contributed by atoms with Crippen molar-refractivity contribution in [1.82, 2.24) is 0 Å². The highest BCUT2D eigenvalue weighted by molar-refractivity contribution is 6.25. The van der Waals surface area contributed by atoms with Crippen LogP contribution in [-0.4, -0.2) is 0 Å². The van der Waals surface area contributed by atoms with Crippen LogP contribution in [0.1, 0.15) is 52.2 Å². The molecule has 11 rings (SSSR count). The summed E-state index contributed by atoms with van der Waals surface area (Å²) < 4.78 is 275. The maximum absolute atomic E-state index is 10.4. The molecule has 0 saturated heterocycles. The van der Waals surface area contributed by atoms with Gasteiger partial charge in [0.15, 0.2) is 0 Å². The van der Waals surface area contributed by atoms with E-state index in [-0.39, 0.29) is 27.6 Å². The van der Waals surface area contributed by atoms with Gasteiger partial charge in [0.1, 0.15) is 0 Å². The Labute approximate surface area is 339 Å². The van der Waals surface area contributed by atoms with Crippen LogP contribution in [0.3, 0.4) is 0 Å². The Kier molecular flexibility index (Phi) is 2.54. The average Bonchev–Trinajstić information content (AvgIpc) is 1.87. The van der Waals surface area contributed by atoms with Crippen molar-refractivity contribution in [3.8, 4) is 44.5 Å². The van der Waals surface area contributed by atoms with Crippen LogP contribution in [0, 0.1) is 0 Å². The zero-order valence-electron chi connectivity index (χ0n) is 55.7. The van der Waals surface area contributed by atoms with Gasteiger partial charge in [-0.05, 0) is 122 Å². The lowest BCUT2D eigenvalue weighted by atomic mass is 9.83. The third-order valence-electron chi connectivity index (χ3n) is 8.95. The van der Waals surface area contributed by atoms with E-state index in [9.17, 15) is 16.4 Å². The van der Waals surface area contributed by atoms with E-state index in [4.69, 9.17) is 24.7 Å². The molecular formula is C51H32. The van der Waals surface area contributed by atoms with Gasteiger partial charge < -0.3 is 0 Å². The third-order valence-corrected chi connectivity index (χ3v) is 8.95. The Morgan fingerprint density at radius 3 is 1.45 bits per heavy atom. The number of rotatable bonds is 3. The smallest absolute Gasteiger partial charge is 0.0616 e. The molecule has 0 fully saturated rings. The zero-order chi connectivity index (χ0) is 59.6. The number of fused-ring (bicyclic) bond motifs is 9. The van der Waals surface area contributed by atoms with Gasteiger partial charge in [0.2, 0.25) is 0 Å². The standard InChI is InChI=1S/C51H32/c1-4-16-39-32(11-1)14-9-21-43(39)50-45-19-7-8-20-46(45)51(44-22-10-15-33-12-2-5-17-40(33)44)48-31-36(26-28-47(48)50)35-25-27-42-38(29-35)30-37-24-23-34-13-3-6-18-41(34)49(37)42/h1-29,31H,30H2/i1D,2D,3D,4D,5D,6D,7D,8D,9D,10D,11D,12D,13D,14D,15D,16D,17D,18D,19D,20D,21D,22D,23D,24D,25D,26D,27D,28D,29D,31D. The van der Waals surface area contributed by atoms with Crippen molar-refractivity contribution in [3.63, 3.8) is 0 Å². The molecule has 0 saturated carbocycles. The normalized spacial score (nSPS) is 20.5. The second kappa shape index (κ2) is 11.0. The summed E-state index contributed by atoms with van der Waals surface area (Å²) in [5.74, 6) is 0. The molecule has 0 nitrogen and oxygen atoms in total. The molecule has 0 N–H and O–H groups in total. The summed E-state index contributed by atoms with van der Waals surface area (Å²) in [5.41, 5.74) is -5.51. The Balaban J connectivity index is 1.46. The Hall–Kier alpha value is -6.50. The van der Waals surface area contributed by atoms with Crippen LogP contribution in [0.2, 0.25) is 0 Å². The second-order valence-corrected chi connectivity index (χ2v) is 11.6. The van der Waals surface area contributed by atoms with Crippen LogP contribution in [0.4, 0.5) is 0 Å². The van der Waals surface area contributed by atoms with Crippen LogP contribution in [-0.2, 0) is 6.42 Å². The average molecular weight is 675 g/mol. The van der Waals surface area contributed by atoms with Crippen LogP contribution in [0.25, 0.3) is 98.4 Å². The summed E-state index contributed by atoms with van der Waals surface area (Å²) in [4.78, 5) is 0. The highest BCUT2D eigenvalue weighted by atomic mass is 14.3. The van der Waals surface area contributed by atoms with Gasteiger partial charge in [-0.1, -0.05) is 175 Å². The summed E-state index contributed by atoms with van der Waals surface area (Å²) in [6.45, 7) is 0. The summed E-state index contributed by atoms with van der Waals surface area (Å²) in [6.07, 6.45) is -0.494. The molecule has 0 heterocycles. The predicted octanol–water partition coefficient (Wildman–Crippen LogP) is 14.0. The van der Waals surface area contributed by atoms with Crippen molar-refractivity contribution in [2.75, 3.05) is 0 Å². The molecule has 0 bridgehead atoms. The van der Waals surface area contributed by atoms with Gasteiger partial charge in [0, 0.05) is 0 Å². The molecular weight excluding hydrogens is 613 g/mol. The molecule has 0 heteroatoms. The molecule has 1 aliphatic rings. The van der Waals surface area contributed by atoms with Gasteiger partial charge >= 0.3 is 0 Å². The number of hydrogen-bond acceptors (Lipinski definition) is 0. The third kappa shape index (κ3) is 4.27. The van der Waals surface area contributed by atoms with Crippen molar-refractivity contribution in [1.29, 1.82) is 0 Å². The topological polar surface area (TPSA) is 0 Å². The molecule has 0 radical (unpaired) electrons. The Morgan fingerprint density at radius 1 is 0.294 bits per heavy atom. The molecule has 0 atom stereocenters. The molecule has 0 spiro atoms.